The Balaban J connectivity index is 2.21. The number of nitrogens with one attached hydrogen (secondary N) is 2. The predicted molar refractivity (Wildman–Crippen MR) is 92.2 cm³/mol. The lowest BCUT2D eigenvalue weighted by atomic mass is 9.95. The summed E-state index contributed by atoms with van der Waals surface area (Å²) in [5, 5.41) is 14.6. The molecule has 0 aliphatic carbocycles. The zero-order valence-electron chi connectivity index (χ0n) is 13.5. The summed E-state index contributed by atoms with van der Waals surface area (Å²) in [5.74, 6) is -0.565. The third-order valence-corrected chi connectivity index (χ3v) is 3.49. The van der Waals surface area contributed by atoms with E-state index in [4.69, 9.17) is 0 Å². The molecule has 0 bridgehead atoms. The maximum Gasteiger partial charge on any atom is 0.252 e. The highest BCUT2D eigenvalue weighted by atomic mass is 16.2. The van der Waals surface area contributed by atoms with Crippen LogP contribution in [0.4, 0.5) is 0 Å². The highest BCUT2D eigenvalue weighted by Gasteiger charge is 2.15. The molecule has 24 heavy (non-hydrogen) atoms. The van der Waals surface area contributed by atoms with E-state index in [0.717, 1.165) is 6.42 Å². The van der Waals surface area contributed by atoms with Crippen molar-refractivity contribution in [3.8, 4) is 17.2 Å². The third kappa shape index (κ3) is 4.20. The molecule has 0 aliphatic heterocycles. The number of carbonyl (C=O) groups is 2. The van der Waals surface area contributed by atoms with Crippen molar-refractivity contribution in [1.29, 1.82) is 5.26 Å². The lowest BCUT2D eigenvalue weighted by Gasteiger charge is -2.11. The summed E-state index contributed by atoms with van der Waals surface area (Å²) in [6.07, 6.45) is 0.841. The first kappa shape index (κ1) is 17.2. The van der Waals surface area contributed by atoms with Crippen molar-refractivity contribution >= 4 is 11.8 Å². The van der Waals surface area contributed by atoms with Crippen LogP contribution < -0.4 is 10.6 Å². The summed E-state index contributed by atoms with van der Waals surface area (Å²) >= 11 is 0. The summed E-state index contributed by atoms with van der Waals surface area (Å²) in [6.45, 7) is 2.47. The van der Waals surface area contributed by atoms with Gasteiger partial charge in [0.1, 0.15) is 0 Å². The van der Waals surface area contributed by atoms with Gasteiger partial charge in [-0.15, -0.1) is 0 Å². The predicted octanol–water partition coefficient (Wildman–Crippen LogP) is 2.48. The molecule has 0 heterocycles. The molecular formula is C19H19N3O2. The quantitative estimate of drug-likeness (QED) is 0.857. The van der Waals surface area contributed by atoms with Gasteiger partial charge in [-0.2, -0.15) is 5.26 Å². The summed E-state index contributed by atoms with van der Waals surface area (Å²) in [6, 6.07) is 16.3. The number of rotatable bonds is 6. The molecule has 0 aromatic heterocycles. The van der Waals surface area contributed by atoms with Crippen molar-refractivity contribution in [2.24, 2.45) is 0 Å². The molecule has 0 spiro atoms. The Morgan fingerprint density at radius 1 is 1.00 bits per heavy atom. The Labute approximate surface area is 141 Å². The van der Waals surface area contributed by atoms with E-state index in [2.05, 4.69) is 16.7 Å². The van der Waals surface area contributed by atoms with Gasteiger partial charge in [-0.3, -0.25) is 9.59 Å². The number of hydrogen-bond donors (Lipinski definition) is 2. The van der Waals surface area contributed by atoms with Crippen molar-refractivity contribution in [1.82, 2.24) is 10.6 Å². The van der Waals surface area contributed by atoms with Gasteiger partial charge in [0, 0.05) is 17.7 Å². The second-order valence-corrected chi connectivity index (χ2v) is 5.24. The number of carbonyl (C=O) groups excluding carboxylic acids is 2. The first-order valence-corrected chi connectivity index (χ1v) is 7.80. The van der Waals surface area contributed by atoms with Gasteiger partial charge in [-0.05, 0) is 24.1 Å². The molecule has 0 radical (unpaired) electrons. The van der Waals surface area contributed by atoms with Crippen LogP contribution in [0.25, 0.3) is 11.1 Å². The molecule has 0 saturated carbocycles. The van der Waals surface area contributed by atoms with E-state index in [1.54, 1.807) is 36.4 Å². The second kappa shape index (κ2) is 8.49. The van der Waals surface area contributed by atoms with Crippen LogP contribution in [0, 0.1) is 11.3 Å². The molecule has 0 fully saturated rings. The van der Waals surface area contributed by atoms with Crippen molar-refractivity contribution < 1.29 is 9.59 Å². The van der Waals surface area contributed by atoms with Gasteiger partial charge in [-0.25, -0.2) is 0 Å². The molecule has 5 nitrogen and oxygen atoms in total. The lowest BCUT2D eigenvalue weighted by molar-refractivity contribution is -0.120. The van der Waals surface area contributed by atoms with Crippen molar-refractivity contribution in [3.05, 3.63) is 59.7 Å². The minimum absolute atomic E-state index is 0.0763. The average Bonchev–Trinajstić information content (AvgIpc) is 2.64. The molecule has 122 valence electrons. The Morgan fingerprint density at radius 2 is 1.67 bits per heavy atom. The number of nitrogens with zero attached hydrogens (tertiary/aromatic N) is 1. The van der Waals surface area contributed by atoms with Crippen LogP contribution >= 0.6 is 0 Å². The SMILES string of the molecule is CCCNC(=O)CNC(=O)c1ccccc1-c1ccccc1C#N. The van der Waals surface area contributed by atoms with Crippen LogP contribution in [0.1, 0.15) is 29.3 Å². The van der Waals surface area contributed by atoms with Crippen molar-refractivity contribution in [3.63, 3.8) is 0 Å². The standard InChI is InChI=1S/C19H19N3O2/c1-2-11-21-18(23)13-22-19(24)17-10-6-5-9-16(17)15-8-4-3-7-14(15)12-20/h3-10H,2,11,13H2,1H3,(H,21,23)(H,22,24). The second-order valence-electron chi connectivity index (χ2n) is 5.24. The zero-order valence-corrected chi connectivity index (χ0v) is 13.5. The fourth-order valence-corrected chi connectivity index (χ4v) is 2.31. The van der Waals surface area contributed by atoms with E-state index in [1.165, 1.54) is 0 Å². The fourth-order valence-electron chi connectivity index (χ4n) is 2.31. The van der Waals surface area contributed by atoms with Gasteiger partial charge in [0.15, 0.2) is 0 Å². The number of hydrogen-bond acceptors (Lipinski definition) is 3. The van der Waals surface area contributed by atoms with E-state index >= 15 is 0 Å². The fraction of sp³-hybridized carbons (Fsp3) is 0.211. The van der Waals surface area contributed by atoms with Crippen LogP contribution in [0.15, 0.2) is 48.5 Å². The molecule has 0 saturated heterocycles. The van der Waals surface area contributed by atoms with Crippen LogP contribution in [0.3, 0.4) is 0 Å². The molecule has 2 amide bonds. The van der Waals surface area contributed by atoms with Crippen LogP contribution in [-0.2, 0) is 4.79 Å². The van der Waals surface area contributed by atoms with Gasteiger partial charge in [-0.1, -0.05) is 43.3 Å². The van der Waals surface area contributed by atoms with Crippen molar-refractivity contribution in [2.45, 2.75) is 13.3 Å². The first-order chi connectivity index (χ1) is 11.7. The van der Waals surface area contributed by atoms with Crippen LogP contribution in [0.5, 0.6) is 0 Å². The molecule has 0 aliphatic rings. The number of amides is 2. The Kier molecular flexibility index (Phi) is 6.09. The topological polar surface area (TPSA) is 82.0 Å². The average molecular weight is 321 g/mol. The van der Waals surface area contributed by atoms with Crippen LogP contribution in [0.2, 0.25) is 0 Å². The maximum atomic E-state index is 12.4. The molecule has 2 aromatic rings. The van der Waals surface area contributed by atoms with Gasteiger partial charge >= 0.3 is 0 Å². The smallest absolute Gasteiger partial charge is 0.252 e. The van der Waals surface area contributed by atoms with Gasteiger partial charge in [0.25, 0.3) is 5.91 Å². The van der Waals surface area contributed by atoms with E-state index < -0.39 is 0 Å². The largest absolute Gasteiger partial charge is 0.355 e. The summed E-state index contributed by atoms with van der Waals surface area (Å²) in [4.78, 5) is 24.1. The van der Waals surface area contributed by atoms with Gasteiger partial charge in [0.05, 0.1) is 18.2 Å². The van der Waals surface area contributed by atoms with Crippen molar-refractivity contribution in [2.75, 3.05) is 13.1 Å². The molecule has 0 unspecified atom stereocenters. The van der Waals surface area contributed by atoms with E-state index in [9.17, 15) is 14.9 Å². The molecular weight excluding hydrogens is 302 g/mol. The monoisotopic (exact) mass is 321 g/mol. The van der Waals surface area contributed by atoms with Gasteiger partial charge < -0.3 is 10.6 Å². The summed E-state index contributed by atoms with van der Waals surface area (Å²) in [5.41, 5.74) is 2.30. The minimum atomic E-state index is -0.343. The summed E-state index contributed by atoms with van der Waals surface area (Å²) in [7, 11) is 0. The third-order valence-electron chi connectivity index (χ3n) is 3.49. The van der Waals surface area contributed by atoms with E-state index in [1.807, 2.05) is 19.1 Å². The minimum Gasteiger partial charge on any atom is -0.355 e. The molecule has 0 atom stereocenters. The van der Waals surface area contributed by atoms with E-state index in [-0.39, 0.29) is 18.4 Å². The first-order valence-electron chi connectivity index (χ1n) is 7.80. The molecule has 2 rings (SSSR count). The Bertz CT molecular complexity index is 778. The molecule has 2 aromatic carbocycles. The molecule has 2 N–H and O–H groups in total. The Morgan fingerprint density at radius 3 is 2.38 bits per heavy atom. The lowest BCUT2D eigenvalue weighted by Crippen LogP contribution is -2.37. The number of nitriles is 1. The highest BCUT2D eigenvalue weighted by molar-refractivity contribution is 6.02. The highest BCUT2D eigenvalue weighted by Crippen LogP contribution is 2.26. The normalized spacial score (nSPS) is 9.83. The van der Waals surface area contributed by atoms with Crippen LogP contribution in [-0.4, -0.2) is 24.9 Å². The zero-order chi connectivity index (χ0) is 17.4. The summed E-state index contributed by atoms with van der Waals surface area (Å²) < 4.78 is 0. The van der Waals surface area contributed by atoms with E-state index in [0.29, 0.717) is 28.8 Å². The maximum absolute atomic E-state index is 12.4. The number of benzene rings is 2. The molecule has 5 heteroatoms. The Hall–Kier alpha value is -3.13. The van der Waals surface area contributed by atoms with Gasteiger partial charge in [0.2, 0.25) is 5.91 Å².